The Morgan fingerprint density at radius 1 is 1.24 bits per heavy atom. The number of halogens is 1. The first kappa shape index (κ1) is 16.1. The summed E-state index contributed by atoms with van der Waals surface area (Å²) in [7, 11) is 0. The zero-order chi connectivity index (χ0) is 13.9. The highest BCUT2D eigenvalue weighted by Crippen LogP contribution is 2.29. The number of likely N-dealkylation sites (tertiary alicyclic amines) is 1. The van der Waals surface area contributed by atoms with Crippen LogP contribution in [0.1, 0.15) is 36.0 Å². The van der Waals surface area contributed by atoms with Crippen LogP contribution in [0.5, 0.6) is 5.75 Å². The normalized spacial score (nSPS) is 21.0. The Bertz CT molecular complexity index is 474. The first-order valence-electron chi connectivity index (χ1n) is 7.52. The maximum absolute atomic E-state index is 12.4. The van der Waals surface area contributed by atoms with Gasteiger partial charge in [-0.05, 0) is 55.9 Å². The second-order valence-corrected chi connectivity index (χ2v) is 5.81. The van der Waals surface area contributed by atoms with Gasteiger partial charge >= 0.3 is 0 Å². The lowest BCUT2D eigenvalue weighted by Crippen LogP contribution is -2.39. The Labute approximate surface area is 132 Å². The van der Waals surface area contributed by atoms with Crippen LogP contribution in [0, 0.1) is 5.92 Å². The fourth-order valence-corrected chi connectivity index (χ4v) is 2.71. The highest BCUT2D eigenvalue weighted by atomic mass is 35.5. The predicted molar refractivity (Wildman–Crippen MR) is 85.0 cm³/mol. The lowest BCUT2D eigenvalue weighted by atomic mass is 10.1. The highest BCUT2D eigenvalue weighted by molar-refractivity contribution is 5.94. The van der Waals surface area contributed by atoms with Gasteiger partial charge in [0.25, 0.3) is 5.91 Å². The molecule has 1 aromatic carbocycles. The summed E-state index contributed by atoms with van der Waals surface area (Å²) in [6, 6.07) is 7.70. The molecule has 1 aliphatic heterocycles. The lowest BCUT2D eigenvalue weighted by molar-refractivity contribution is 0.0741. The van der Waals surface area contributed by atoms with Crippen LogP contribution in [-0.4, -0.2) is 36.5 Å². The molecule has 0 spiro atoms. The zero-order valence-corrected chi connectivity index (χ0v) is 13.0. The van der Waals surface area contributed by atoms with E-state index in [9.17, 15) is 4.79 Å². The monoisotopic (exact) mass is 310 g/mol. The number of carbonyl (C=O) groups is 1. The number of carbonyl (C=O) groups excluding carboxylic acids is 1. The Morgan fingerprint density at radius 3 is 2.57 bits per heavy atom. The third-order valence-corrected chi connectivity index (χ3v) is 4.19. The van der Waals surface area contributed by atoms with Gasteiger partial charge in [0.05, 0.1) is 6.61 Å². The quantitative estimate of drug-likeness (QED) is 0.909. The molecule has 2 N–H and O–H groups in total. The largest absolute Gasteiger partial charge is 0.493 e. The number of nitrogens with two attached hydrogens (primary N) is 1. The van der Waals surface area contributed by atoms with E-state index in [1.54, 1.807) is 0 Å². The molecule has 3 rings (SSSR count). The number of rotatable bonds is 5. The van der Waals surface area contributed by atoms with Crippen molar-refractivity contribution in [2.24, 2.45) is 11.7 Å². The van der Waals surface area contributed by atoms with Crippen LogP contribution in [0.25, 0.3) is 0 Å². The molecule has 21 heavy (non-hydrogen) atoms. The van der Waals surface area contributed by atoms with Gasteiger partial charge in [-0.15, -0.1) is 12.4 Å². The van der Waals surface area contributed by atoms with Crippen molar-refractivity contribution in [2.75, 3.05) is 19.7 Å². The summed E-state index contributed by atoms with van der Waals surface area (Å²) in [6.07, 6.45) is 4.64. The molecule has 5 heteroatoms. The number of nitrogens with zero attached hydrogens (tertiary/aromatic N) is 1. The van der Waals surface area contributed by atoms with Crippen molar-refractivity contribution in [3.63, 3.8) is 0 Å². The maximum atomic E-state index is 12.4. The second kappa shape index (κ2) is 7.14. The number of hydrogen-bond donors (Lipinski definition) is 1. The summed E-state index contributed by atoms with van der Waals surface area (Å²) in [4.78, 5) is 14.3. The summed E-state index contributed by atoms with van der Waals surface area (Å²) in [6.45, 7) is 2.17. The van der Waals surface area contributed by atoms with Gasteiger partial charge in [0.15, 0.2) is 0 Å². The smallest absolute Gasteiger partial charge is 0.254 e. The first-order valence-corrected chi connectivity index (χ1v) is 7.52. The van der Waals surface area contributed by atoms with Crippen molar-refractivity contribution < 1.29 is 9.53 Å². The second-order valence-electron chi connectivity index (χ2n) is 5.81. The number of hydrogen-bond acceptors (Lipinski definition) is 3. The van der Waals surface area contributed by atoms with Gasteiger partial charge in [-0.25, -0.2) is 0 Å². The van der Waals surface area contributed by atoms with E-state index in [2.05, 4.69) is 0 Å². The van der Waals surface area contributed by atoms with Crippen molar-refractivity contribution in [1.29, 1.82) is 0 Å². The zero-order valence-electron chi connectivity index (χ0n) is 12.2. The van der Waals surface area contributed by atoms with Gasteiger partial charge in [0.2, 0.25) is 0 Å². The van der Waals surface area contributed by atoms with E-state index in [4.69, 9.17) is 10.5 Å². The molecule has 0 bridgehead atoms. The van der Waals surface area contributed by atoms with Crippen molar-refractivity contribution in [3.8, 4) is 5.75 Å². The van der Waals surface area contributed by atoms with E-state index in [-0.39, 0.29) is 24.4 Å². The van der Waals surface area contributed by atoms with E-state index < -0.39 is 0 Å². The molecule has 116 valence electrons. The van der Waals surface area contributed by atoms with E-state index in [1.165, 1.54) is 12.8 Å². The summed E-state index contributed by atoms with van der Waals surface area (Å²) < 4.78 is 5.69. The molecule has 2 fully saturated rings. The molecule has 4 nitrogen and oxygen atoms in total. The molecule has 1 atom stereocenters. The summed E-state index contributed by atoms with van der Waals surface area (Å²) in [5, 5.41) is 0. The number of amides is 1. The maximum Gasteiger partial charge on any atom is 0.254 e. The molecule has 0 aromatic heterocycles. The van der Waals surface area contributed by atoms with Crippen LogP contribution in [0.4, 0.5) is 0 Å². The van der Waals surface area contributed by atoms with Crippen LogP contribution in [0.2, 0.25) is 0 Å². The average molecular weight is 311 g/mol. The lowest BCUT2D eigenvalue weighted by Gasteiger charge is -2.23. The van der Waals surface area contributed by atoms with Gasteiger partial charge in [-0.3, -0.25) is 4.79 Å². The van der Waals surface area contributed by atoms with E-state index in [1.807, 2.05) is 29.2 Å². The number of benzene rings is 1. The number of ether oxygens (including phenoxy) is 1. The fraction of sp³-hybridized carbons (Fsp3) is 0.562. The van der Waals surface area contributed by atoms with E-state index in [0.29, 0.717) is 6.54 Å². The molecule has 1 saturated carbocycles. The van der Waals surface area contributed by atoms with Crippen molar-refractivity contribution >= 4 is 18.3 Å². The molecule has 1 saturated heterocycles. The van der Waals surface area contributed by atoms with Gasteiger partial charge in [0, 0.05) is 24.7 Å². The first-order chi connectivity index (χ1) is 9.78. The Hall–Kier alpha value is -1.26. The van der Waals surface area contributed by atoms with Crippen molar-refractivity contribution in [1.82, 2.24) is 4.90 Å². The third-order valence-electron chi connectivity index (χ3n) is 4.19. The molecule has 1 aromatic rings. The van der Waals surface area contributed by atoms with Gasteiger partial charge in [0.1, 0.15) is 5.75 Å². The minimum atomic E-state index is 0. The average Bonchev–Trinajstić information content (AvgIpc) is 3.20. The standard InChI is InChI=1S/C16H22N2O2.ClH/c17-10-14-2-1-9-18(14)16(19)13-5-7-15(8-6-13)20-11-12-3-4-12;/h5-8,12,14H,1-4,9-11,17H2;1H. The molecular formula is C16H23ClN2O2. The van der Waals surface area contributed by atoms with E-state index >= 15 is 0 Å². The minimum Gasteiger partial charge on any atom is -0.493 e. The topological polar surface area (TPSA) is 55.6 Å². The van der Waals surface area contributed by atoms with Gasteiger partial charge in [-0.1, -0.05) is 0 Å². The van der Waals surface area contributed by atoms with Crippen molar-refractivity contribution in [2.45, 2.75) is 31.7 Å². The van der Waals surface area contributed by atoms with E-state index in [0.717, 1.165) is 43.2 Å². The summed E-state index contributed by atoms with van der Waals surface area (Å²) in [5.41, 5.74) is 6.45. The fourth-order valence-electron chi connectivity index (χ4n) is 2.71. The summed E-state index contributed by atoms with van der Waals surface area (Å²) in [5.74, 6) is 1.68. The van der Waals surface area contributed by atoms with Crippen LogP contribution in [-0.2, 0) is 0 Å². The molecular weight excluding hydrogens is 288 g/mol. The molecule has 1 aliphatic carbocycles. The molecule has 1 unspecified atom stereocenters. The van der Waals surface area contributed by atoms with Gasteiger partial charge in [-0.2, -0.15) is 0 Å². The molecule has 0 radical (unpaired) electrons. The van der Waals surface area contributed by atoms with Gasteiger partial charge < -0.3 is 15.4 Å². The Morgan fingerprint density at radius 2 is 1.95 bits per heavy atom. The van der Waals surface area contributed by atoms with Crippen LogP contribution in [0.3, 0.4) is 0 Å². The third kappa shape index (κ3) is 3.89. The Balaban J connectivity index is 0.00000161. The highest BCUT2D eigenvalue weighted by Gasteiger charge is 2.28. The minimum absolute atomic E-state index is 0. The summed E-state index contributed by atoms with van der Waals surface area (Å²) >= 11 is 0. The predicted octanol–water partition coefficient (Wildman–Crippen LogP) is 2.46. The van der Waals surface area contributed by atoms with Crippen LogP contribution < -0.4 is 10.5 Å². The molecule has 2 aliphatic rings. The molecule has 1 heterocycles. The molecule has 1 amide bonds. The SMILES string of the molecule is Cl.NCC1CCCN1C(=O)c1ccc(OCC2CC2)cc1. The van der Waals surface area contributed by atoms with Crippen molar-refractivity contribution in [3.05, 3.63) is 29.8 Å². The van der Waals surface area contributed by atoms with Crippen LogP contribution >= 0.6 is 12.4 Å². The van der Waals surface area contributed by atoms with Crippen LogP contribution in [0.15, 0.2) is 24.3 Å². The Kier molecular flexibility index (Phi) is 5.48.